The van der Waals surface area contributed by atoms with E-state index >= 15 is 0 Å². The van der Waals surface area contributed by atoms with Gasteiger partial charge in [-0.3, -0.25) is 10.1 Å². The van der Waals surface area contributed by atoms with Crippen molar-refractivity contribution in [3.63, 3.8) is 0 Å². The van der Waals surface area contributed by atoms with Gasteiger partial charge in [0.2, 0.25) is 0 Å². The van der Waals surface area contributed by atoms with Gasteiger partial charge in [-0.2, -0.15) is 8.42 Å². The van der Waals surface area contributed by atoms with Crippen LogP contribution in [0.1, 0.15) is 5.56 Å². The molecule has 1 rings (SSSR count). The van der Waals surface area contributed by atoms with Crippen LogP contribution in [0.25, 0.3) is 0 Å². The molecule has 0 radical (unpaired) electrons. The van der Waals surface area contributed by atoms with Gasteiger partial charge in [-0.25, -0.2) is 0 Å². The van der Waals surface area contributed by atoms with Crippen molar-refractivity contribution < 1.29 is 17.2 Å². The SMILES string of the molecule is O=[N+]([O-])c1cc(CS(=O)(=O)F)ccc1Cl. The number of nitro benzene ring substituents is 1. The van der Waals surface area contributed by atoms with Crippen molar-refractivity contribution in [2.45, 2.75) is 5.75 Å². The molecule has 0 aliphatic carbocycles. The Kier molecular flexibility index (Phi) is 3.25. The van der Waals surface area contributed by atoms with Crippen LogP contribution < -0.4 is 0 Å². The van der Waals surface area contributed by atoms with E-state index in [-0.39, 0.29) is 10.6 Å². The lowest BCUT2D eigenvalue weighted by Crippen LogP contribution is -1.98. The monoisotopic (exact) mass is 253 g/mol. The van der Waals surface area contributed by atoms with Gasteiger partial charge >= 0.3 is 10.2 Å². The highest BCUT2D eigenvalue weighted by atomic mass is 35.5. The van der Waals surface area contributed by atoms with Gasteiger partial charge in [0.25, 0.3) is 5.69 Å². The molecule has 5 nitrogen and oxygen atoms in total. The second kappa shape index (κ2) is 4.11. The van der Waals surface area contributed by atoms with Crippen LogP contribution in [0.5, 0.6) is 0 Å². The van der Waals surface area contributed by atoms with Crippen molar-refractivity contribution in [3.8, 4) is 0 Å². The molecule has 15 heavy (non-hydrogen) atoms. The summed E-state index contributed by atoms with van der Waals surface area (Å²) >= 11 is 5.48. The molecule has 0 atom stereocenters. The molecule has 0 N–H and O–H groups in total. The first-order chi connectivity index (χ1) is 6.79. The van der Waals surface area contributed by atoms with Gasteiger partial charge in [0, 0.05) is 6.07 Å². The average molecular weight is 254 g/mol. The van der Waals surface area contributed by atoms with E-state index in [9.17, 15) is 22.4 Å². The summed E-state index contributed by atoms with van der Waals surface area (Å²) in [6.07, 6.45) is 0. The van der Waals surface area contributed by atoms with Crippen LogP contribution in [-0.4, -0.2) is 13.3 Å². The van der Waals surface area contributed by atoms with Crippen molar-refractivity contribution >= 4 is 27.5 Å². The quantitative estimate of drug-likeness (QED) is 0.469. The van der Waals surface area contributed by atoms with Crippen molar-refractivity contribution in [2.24, 2.45) is 0 Å². The first kappa shape index (κ1) is 11.9. The minimum atomic E-state index is -4.70. The lowest BCUT2D eigenvalue weighted by Gasteiger charge is -1.99. The molecule has 0 aromatic heterocycles. The summed E-state index contributed by atoms with van der Waals surface area (Å²) in [6, 6.07) is 3.30. The van der Waals surface area contributed by atoms with E-state index in [2.05, 4.69) is 0 Å². The Hall–Kier alpha value is -1.21. The second-order valence-electron chi connectivity index (χ2n) is 2.73. The molecule has 1 aromatic carbocycles. The summed E-state index contributed by atoms with van der Waals surface area (Å²) in [7, 11) is -4.70. The molecule has 82 valence electrons. The maximum atomic E-state index is 12.3. The molecular formula is C7H5ClFNO4S. The molecular weight excluding hydrogens is 249 g/mol. The summed E-state index contributed by atoms with van der Waals surface area (Å²) < 4.78 is 32.9. The predicted octanol–water partition coefficient (Wildman–Crippen LogP) is 2.05. The van der Waals surface area contributed by atoms with Gasteiger partial charge in [-0.15, -0.1) is 3.89 Å². The molecule has 0 aliphatic heterocycles. The van der Waals surface area contributed by atoms with Gasteiger partial charge in [0.15, 0.2) is 0 Å². The fourth-order valence-electron chi connectivity index (χ4n) is 0.987. The maximum Gasteiger partial charge on any atom is 0.306 e. The molecule has 8 heteroatoms. The average Bonchev–Trinajstić information content (AvgIpc) is 2.05. The van der Waals surface area contributed by atoms with Crippen LogP contribution in [-0.2, 0) is 16.0 Å². The highest BCUT2D eigenvalue weighted by molar-refractivity contribution is 7.85. The fraction of sp³-hybridized carbons (Fsp3) is 0.143. The Bertz CT molecular complexity index is 502. The van der Waals surface area contributed by atoms with E-state index in [1.807, 2.05) is 0 Å². The highest BCUT2D eigenvalue weighted by Crippen LogP contribution is 2.25. The smallest absolute Gasteiger partial charge is 0.258 e. The van der Waals surface area contributed by atoms with Crippen molar-refractivity contribution in [1.82, 2.24) is 0 Å². The van der Waals surface area contributed by atoms with E-state index in [0.29, 0.717) is 0 Å². The molecule has 0 unspecified atom stereocenters. The first-order valence-electron chi connectivity index (χ1n) is 3.65. The maximum absolute atomic E-state index is 12.3. The Morgan fingerprint density at radius 2 is 2.07 bits per heavy atom. The topological polar surface area (TPSA) is 77.3 Å². The third-order valence-electron chi connectivity index (χ3n) is 1.55. The molecule has 0 heterocycles. The number of nitrogens with zero attached hydrogens (tertiary/aromatic N) is 1. The van der Waals surface area contributed by atoms with Gasteiger partial charge in [-0.1, -0.05) is 17.7 Å². The minimum absolute atomic E-state index is 0.0198. The van der Waals surface area contributed by atoms with Crippen molar-refractivity contribution in [1.29, 1.82) is 0 Å². The summed E-state index contributed by atoms with van der Waals surface area (Å²) in [5, 5.41) is 10.3. The van der Waals surface area contributed by atoms with Crippen LogP contribution in [0.3, 0.4) is 0 Å². The van der Waals surface area contributed by atoms with Gasteiger partial charge in [0.1, 0.15) is 10.8 Å². The first-order valence-corrected chi connectivity index (χ1v) is 5.58. The van der Waals surface area contributed by atoms with Gasteiger partial charge in [0.05, 0.1) is 4.92 Å². The summed E-state index contributed by atoms with van der Waals surface area (Å²) in [4.78, 5) is 9.65. The molecule has 0 spiro atoms. The Morgan fingerprint density at radius 3 is 2.53 bits per heavy atom. The molecule has 0 saturated heterocycles. The number of halogens is 2. The normalized spacial score (nSPS) is 11.3. The zero-order chi connectivity index (χ0) is 11.6. The van der Waals surface area contributed by atoms with Crippen molar-refractivity contribution in [3.05, 3.63) is 38.9 Å². The van der Waals surface area contributed by atoms with E-state index in [0.717, 1.165) is 12.1 Å². The zero-order valence-electron chi connectivity index (χ0n) is 7.18. The number of rotatable bonds is 3. The largest absolute Gasteiger partial charge is 0.306 e. The molecule has 0 aliphatic rings. The summed E-state index contributed by atoms with van der Waals surface area (Å²) in [5.41, 5.74) is -0.466. The summed E-state index contributed by atoms with van der Waals surface area (Å²) in [5.74, 6) is -0.898. The third kappa shape index (κ3) is 3.45. The Morgan fingerprint density at radius 1 is 1.47 bits per heavy atom. The number of benzene rings is 1. The number of hydrogen-bond acceptors (Lipinski definition) is 4. The van der Waals surface area contributed by atoms with Crippen LogP contribution in [0.4, 0.5) is 9.57 Å². The molecule has 0 saturated carbocycles. The zero-order valence-corrected chi connectivity index (χ0v) is 8.76. The summed E-state index contributed by atoms with van der Waals surface area (Å²) in [6.45, 7) is 0. The van der Waals surface area contributed by atoms with E-state index in [1.54, 1.807) is 0 Å². The molecule has 0 bridgehead atoms. The highest BCUT2D eigenvalue weighted by Gasteiger charge is 2.16. The Balaban J connectivity index is 3.14. The van der Waals surface area contributed by atoms with Crippen molar-refractivity contribution in [2.75, 3.05) is 0 Å². The lowest BCUT2D eigenvalue weighted by atomic mass is 10.2. The fourth-order valence-corrected chi connectivity index (χ4v) is 1.75. The van der Waals surface area contributed by atoms with E-state index < -0.39 is 26.6 Å². The van der Waals surface area contributed by atoms with E-state index in [4.69, 9.17) is 11.6 Å². The van der Waals surface area contributed by atoms with Gasteiger partial charge < -0.3 is 0 Å². The van der Waals surface area contributed by atoms with Crippen LogP contribution in [0.2, 0.25) is 5.02 Å². The Labute approximate surface area is 89.8 Å². The molecule has 1 aromatic rings. The van der Waals surface area contributed by atoms with Crippen LogP contribution in [0, 0.1) is 10.1 Å². The predicted molar refractivity (Wildman–Crippen MR) is 51.8 cm³/mol. The number of hydrogen-bond donors (Lipinski definition) is 0. The number of nitro groups is 1. The molecule has 0 amide bonds. The third-order valence-corrected chi connectivity index (χ3v) is 2.54. The van der Waals surface area contributed by atoms with E-state index in [1.165, 1.54) is 6.07 Å². The standard InChI is InChI=1S/C7H5ClFNO4S/c8-6-2-1-5(4-15(9,13)14)3-7(6)10(11)12/h1-3H,4H2. The lowest BCUT2D eigenvalue weighted by molar-refractivity contribution is -0.384. The minimum Gasteiger partial charge on any atom is -0.258 e. The van der Waals surface area contributed by atoms with Gasteiger partial charge in [-0.05, 0) is 11.6 Å². The second-order valence-corrected chi connectivity index (χ2v) is 4.50. The van der Waals surface area contributed by atoms with Crippen LogP contribution in [0.15, 0.2) is 18.2 Å². The molecule has 0 fully saturated rings. The van der Waals surface area contributed by atoms with Crippen LogP contribution >= 0.6 is 11.6 Å².